The first-order valence-corrected chi connectivity index (χ1v) is 6.80. The third kappa shape index (κ3) is 3.41. The summed E-state index contributed by atoms with van der Waals surface area (Å²) in [5.41, 5.74) is 2.36. The highest BCUT2D eigenvalue weighted by Gasteiger charge is 2.02. The van der Waals surface area contributed by atoms with Crippen molar-refractivity contribution in [2.75, 3.05) is 25.1 Å². The zero-order chi connectivity index (χ0) is 12.1. The number of fused-ring (bicyclic) bond motifs is 1. The first-order chi connectivity index (χ1) is 8.29. The molecule has 17 heavy (non-hydrogen) atoms. The number of nitrogens with one attached hydrogen (secondary N) is 1. The summed E-state index contributed by atoms with van der Waals surface area (Å²) in [7, 11) is 0. The molecule has 1 aromatic carbocycles. The van der Waals surface area contributed by atoms with E-state index in [1.54, 1.807) is 11.3 Å². The van der Waals surface area contributed by atoms with E-state index in [4.69, 9.17) is 4.74 Å². The average Bonchev–Trinajstić information content (AvgIpc) is 2.70. The summed E-state index contributed by atoms with van der Waals surface area (Å²) >= 11 is 1.71. The van der Waals surface area contributed by atoms with Gasteiger partial charge in [0.1, 0.15) is 0 Å². The van der Waals surface area contributed by atoms with Crippen LogP contribution in [0.5, 0.6) is 0 Å². The Balaban J connectivity index is 1.91. The molecule has 0 radical (unpaired) electrons. The molecule has 0 aliphatic rings. The number of aromatic nitrogens is 1. The summed E-state index contributed by atoms with van der Waals surface area (Å²) in [6.45, 7) is 6.64. The van der Waals surface area contributed by atoms with Gasteiger partial charge in [-0.3, -0.25) is 0 Å². The molecular weight excluding hydrogens is 232 g/mol. The zero-order valence-corrected chi connectivity index (χ0v) is 11.1. The lowest BCUT2D eigenvalue weighted by Gasteiger charge is -2.01. The molecule has 0 aliphatic heterocycles. The zero-order valence-electron chi connectivity index (χ0n) is 10.3. The van der Waals surface area contributed by atoms with Crippen molar-refractivity contribution in [3.05, 3.63) is 23.8 Å². The van der Waals surface area contributed by atoms with Crippen LogP contribution < -0.4 is 5.32 Å². The number of ether oxygens (including phenoxy) is 1. The van der Waals surface area contributed by atoms with Crippen molar-refractivity contribution in [3.8, 4) is 0 Å². The molecule has 0 aliphatic carbocycles. The average molecular weight is 250 g/mol. The number of aryl methyl sites for hydroxylation is 1. The van der Waals surface area contributed by atoms with E-state index in [1.165, 1.54) is 10.3 Å². The number of rotatable bonds is 6. The second-order valence-electron chi connectivity index (χ2n) is 3.97. The van der Waals surface area contributed by atoms with Gasteiger partial charge >= 0.3 is 0 Å². The molecule has 3 nitrogen and oxygen atoms in total. The number of hydrogen-bond acceptors (Lipinski definition) is 4. The molecule has 1 N–H and O–H groups in total. The van der Waals surface area contributed by atoms with Gasteiger partial charge in [0.2, 0.25) is 0 Å². The van der Waals surface area contributed by atoms with E-state index >= 15 is 0 Å². The summed E-state index contributed by atoms with van der Waals surface area (Å²) in [5.74, 6) is 0. The Kier molecular flexibility index (Phi) is 4.34. The predicted octanol–water partition coefficient (Wildman–Crippen LogP) is 3.44. The van der Waals surface area contributed by atoms with Crippen molar-refractivity contribution in [2.24, 2.45) is 0 Å². The smallest absolute Gasteiger partial charge is 0.183 e. The van der Waals surface area contributed by atoms with Crippen molar-refractivity contribution in [1.82, 2.24) is 4.98 Å². The van der Waals surface area contributed by atoms with Gasteiger partial charge in [-0.2, -0.15) is 0 Å². The molecule has 0 atom stereocenters. The Morgan fingerprint density at radius 2 is 2.29 bits per heavy atom. The minimum Gasteiger partial charge on any atom is -0.382 e. The Morgan fingerprint density at radius 1 is 1.41 bits per heavy atom. The number of thiazole rings is 1. The van der Waals surface area contributed by atoms with Gasteiger partial charge in [0, 0.05) is 19.8 Å². The fourth-order valence-electron chi connectivity index (χ4n) is 1.62. The highest BCUT2D eigenvalue weighted by atomic mass is 32.1. The first-order valence-electron chi connectivity index (χ1n) is 5.98. The minimum atomic E-state index is 0.792. The largest absolute Gasteiger partial charge is 0.382 e. The molecule has 1 aromatic heterocycles. The Hall–Kier alpha value is -1.13. The molecule has 0 amide bonds. The summed E-state index contributed by atoms with van der Waals surface area (Å²) < 4.78 is 6.54. The van der Waals surface area contributed by atoms with Gasteiger partial charge in [0.15, 0.2) is 5.13 Å². The first kappa shape index (κ1) is 12.3. The van der Waals surface area contributed by atoms with Gasteiger partial charge < -0.3 is 10.1 Å². The maximum atomic E-state index is 5.29. The standard InChI is InChI=1S/C13H18N2OS/c1-3-16-8-4-7-14-13-15-11-6-5-10(2)9-12(11)17-13/h5-6,9H,3-4,7-8H2,1-2H3,(H,14,15). The molecule has 0 bridgehead atoms. The van der Waals surface area contributed by atoms with Gasteiger partial charge in [-0.1, -0.05) is 17.4 Å². The second-order valence-corrected chi connectivity index (χ2v) is 5.00. The van der Waals surface area contributed by atoms with Crippen molar-refractivity contribution in [2.45, 2.75) is 20.3 Å². The Labute approximate surface area is 106 Å². The van der Waals surface area contributed by atoms with Crippen molar-refractivity contribution < 1.29 is 4.74 Å². The summed E-state index contributed by atoms with van der Waals surface area (Å²) in [5, 5.41) is 4.34. The van der Waals surface area contributed by atoms with Crippen molar-refractivity contribution in [1.29, 1.82) is 0 Å². The van der Waals surface area contributed by atoms with E-state index in [2.05, 4.69) is 35.4 Å². The van der Waals surface area contributed by atoms with Gasteiger partial charge in [-0.05, 0) is 38.0 Å². The normalized spacial score (nSPS) is 10.9. The predicted molar refractivity (Wildman–Crippen MR) is 74.0 cm³/mol. The fraction of sp³-hybridized carbons (Fsp3) is 0.462. The number of hydrogen-bond donors (Lipinski definition) is 1. The molecule has 0 fully saturated rings. The van der Waals surface area contributed by atoms with Crippen LogP contribution >= 0.6 is 11.3 Å². The molecule has 0 spiro atoms. The maximum Gasteiger partial charge on any atom is 0.183 e. The van der Waals surface area contributed by atoms with E-state index in [1.807, 2.05) is 6.92 Å². The highest BCUT2D eigenvalue weighted by Crippen LogP contribution is 2.26. The highest BCUT2D eigenvalue weighted by molar-refractivity contribution is 7.22. The van der Waals surface area contributed by atoms with Crippen LogP contribution in [0.1, 0.15) is 18.9 Å². The number of anilines is 1. The lowest BCUT2D eigenvalue weighted by molar-refractivity contribution is 0.147. The third-order valence-corrected chi connectivity index (χ3v) is 3.47. The van der Waals surface area contributed by atoms with Crippen molar-refractivity contribution in [3.63, 3.8) is 0 Å². The van der Waals surface area contributed by atoms with Crippen LogP contribution in [-0.2, 0) is 4.74 Å². The summed E-state index contributed by atoms with van der Waals surface area (Å²) in [6.07, 6.45) is 1.02. The molecule has 92 valence electrons. The van der Waals surface area contributed by atoms with Crippen LogP contribution in [-0.4, -0.2) is 24.7 Å². The van der Waals surface area contributed by atoms with Crippen LogP contribution in [0.25, 0.3) is 10.2 Å². The lowest BCUT2D eigenvalue weighted by atomic mass is 10.2. The van der Waals surface area contributed by atoms with Crippen molar-refractivity contribution >= 4 is 26.7 Å². The van der Waals surface area contributed by atoms with E-state index in [0.29, 0.717) is 0 Å². The van der Waals surface area contributed by atoms with E-state index in [0.717, 1.165) is 36.8 Å². The number of benzene rings is 1. The quantitative estimate of drug-likeness (QED) is 0.797. The lowest BCUT2D eigenvalue weighted by Crippen LogP contribution is -2.05. The van der Waals surface area contributed by atoms with Gasteiger partial charge in [0.05, 0.1) is 10.2 Å². The Bertz CT molecular complexity index is 481. The van der Waals surface area contributed by atoms with Gasteiger partial charge in [-0.25, -0.2) is 4.98 Å². The Morgan fingerprint density at radius 3 is 3.12 bits per heavy atom. The van der Waals surface area contributed by atoms with Crippen LogP contribution in [0.4, 0.5) is 5.13 Å². The molecular formula is C13H18N2OS. The summed E-state index contributed by atoms with van der Waals surface area (Å²) in [4.78, 5) is 4.54. The second kappa shape index (κ2) is 5.98. The van der Waals surface area contributed by atoms with Gasteiger partial charge in [0.25, 0.3) is 0 Å². The van der Waals surface area contributed by atoms with E-state index < -0.39 is 0 Å². The molecule has 2 aromatic rings. The van der Waals surface area contributed by atoms with Crippen LogP contribution in [0.3, 0.4) is 0 Å². The molecule has 0 unspecified atom stereocenters. The molecule has 4 heteroatoms. The molecule has 1 heterocycles. The van der Waals surface area contributed by atoms with Gasteiger partial charge in [-0.15, -0.1) is 0 Å². The monoisotopic (exact) mass is 250 g/mol. The summed E-state index contributed by atoms with van der Waals surface area (Å²) in [6, 6.07) is 6.35. The maximum absolute atomic E-state index is 5.29. The fourth-order valence-corrected chi connectivity index (χ4v) is 2.61. The SMILES string of the molecule is CCOCCCNc1nc2ccc(C)cc2s1. The van der Waals surface area contributed by atoms with Crippen LogP contribution in [0, 0.1) is 6.92 Å². The topological polar surface area (TPSA) is 34.1 Å². The third-order valence-electron chi connectivity index (χ3n) is 2.49. The van der Waals surface area contributed by atoms with Crippen LogP contribution in [0.15, 0.2) is 18.2 Å². The molecule has 0 saturated heterocycles. The van der Waals surface area contributed by atoms with Crippen LogP contribution in [0.2, 0.25) is 0 Å². The molecule has 2 rings (SSSR count). The van der Waals surface area contributed by atoms with E-state index in [9.17, 15) is 0 Å². The molecule has 0 saturated carbocycles. The van der Waals surface area contributed by atoms with E-state index in [-0.39, 0.29) is 0 Å². The number of nitrogens with zero attached hydrogens (tertiary/aromatic N) is 1. The minimum absolute atomic E-state index is 0.792.